The smallest absolute Gasteiger partial charge is 0.264 e. The number of nitrogen functional groups attached to an aromatic ring is 1. The van der Waals surface area contributed by atoms with Gasteiger partial charge in [0.25, 0.3) is 15.9 Å². The second-order valence-corrected chi connectivity index (χ2v) is 8.44. The van der Waals surface area contributed by atoms with E-state index in [9.17, 15) is 17.6 Å². The zero-order valence-corrected chi connectivity index (χ0v) is 16.0. The van der Waals surface area contributed by atoms with Crippen molar-refractivity contribution in [2.75, 3.05) is 12.3 Å². The maximum atomic E-state index is 14.5. The summed E-state index contributed by atoms with van der Waals surface area (Å²) < 4.78 is 41.9. The number of carbonyl (C=O) groups is 1. The fourth-order valence-corrected chi connectivity index (χ4v) is 4.41. The van der Waals surface area contributed by atoms with Crippen molar-refractivity contribution in [1.29, 1.82) is 0 Å². The minimum absolute atomic E-state index is 0.0265. The van der Waals surface area contributed by atoms with E-state index in [0.717, 1.165) is 6.42 Å². The predicted octanol–water partition coefficient (Wildman–Crippen LogP) is 1.57. The van der Waals surface area contributed by atoms with Gasteiger partial charge in [-0.2, -0.15) is 0 Å². The molecule has 0 radical (unpaired) electrons. The Morgan fingerprint density at radius 1 is 1.21 bits per heavy atom. The maximum absolute atomic E-state index is 14.5. The van der Waals surface area contributed by atoms with Crippen LogP contribution < -0.4 is 15.8 Å². The first kappa shape index (κ1) is 19.2. The van der Waals surface area contributed by atoms with Crippen LogP contribution in [0.25, 0.3) is 22.0 Å². The number of fused-ring (bicyclic) bond motifs is 1. The summed E-state index contributed by atoms with van der Waals surface area (Å²) >= 11 is 0. The van der Waals surface area contributed by atoms with Gasteiger partial charge in [0.1, 0.15) is 18.0 Å². The highest BCUT2D eigenvalue weighted by molar-refractivity contribution is 7.90. The van der Waals surface area contributed by atoms with Gasteiger partial charge in [-0.1, -0.05) is 12.1 Å². The van der Waals surface area contributed by atoms with Gasteiger partial charge in [0.2, 0.25) is 0 Å². The Bertz CT molecular complexity index is 1210. The molecule has 0 saturated carbocycles. The molecule has 1 saturated heterocycles. The lowest BCUT2D eigenvalue weighted by atomic mass is 10.0. The van der Waals surface area contributed by atoms with E-state index in [1.807, 2.05) is 0 Å². The van der Waals surface area contributed by atoms with Crippen molar-refractivity contribution in [3.8, 4) is 11.1 Å². The van der Waals surface area contributed by atoms with E-state index in [1.165, 1.54) is 30.6 Å². The number of hydrogen-bond acceptors (Lipinski definition) is 7. The number of amides is 1. The van der Waals surface area contributed by atoms with Gasteiger partial charge < -0.3 is 11.1 Å². The molecule has 150 valence electrons. The van der Waals surface area contributed by atoms with Crippen molar-refractivity contribution in [2.24, 2.45) is 0 Å². The fraction of sp³-hybridized carbons (Fsp3) is 0.211. The predicted molar refractivity (Wildman–Crippen MR) is 106 cm³/mol. The largest absolute Gasteiger partial charge is 0.383 e. The molecule has 0 unspecified atom stereocenters. The third-order valence-corrected chi connectivity index (χ3v) is 6.15. The van der Waals surface area contributed by atoms with Gasteiger partial charge >= 0.3 is 0 Å². The summed E-state index contributed by atoms with van der Waals surface area (Å²) in [5.41, 5.74) is 6.90. The average molecular weight is 415 g/mol. The average Bonchev–Trinajstić information content (AvgIpc) is 3.22. The molecule has 4 rings (SSSR count). The molecule has 0 aliphatic carbocycles. The summed E-state index contributed by atoms with van der Waals surface area (Å²) in [4.78, 5) is 19.9. The second kappa shape index (κ2) is 7.37. The molecule has 2 heterocycles. The molecule has 1 atom stereocenters. The van der Waals surface area contributed by atoms with E-state index >= 15 is 0 Å². The number of rotatable bonds is 4. The van der Waals surface area contributed by atoms with Crippen molar-refractivity contribution in [3.05, 3.63) is 48.5 Å². The molecule has 1 aromatic heterocycles. The van der Waals surface area contributed by atoms with Crippen LogP contribution >= 0.6 is 0 Å². The molecular formula is C19H18FN5O3S. The fourth-order valence-electron chi connectivity index (χ4n) is 3.35. The number of nitrogens with one attached hydrogen (secondary N) is 2. The zero-order chi connectivity index (χ0) is 20.6. The van der Waals surface area contributed by atoms with E-state index in [4.69, 9.17) is 5.73 Å². The summed E-state index contributed by atoms with van der Waals surface area (Å²) in [5, 5.41) is 3.06. The summed E-state index contributed by atoms with van der Waals surface area (Å²) in [7, 11) is -4.07. The Balaban J connectivity index is 1.68. The lowest BCUT2D eigenvalue weighted by Crippen LogP contribution is -2.43. The van der Waals surface area contributed by atoms with Crippen LogP contribution in [0.5, 0.6) is 0 Å². The van der Waals surface area contributed by atoms with Gasteiger partial charge in [-0.05, 0) is 54.8 Å². The van der Waals surface area contributed by atoms with Crippen LogP contribution in [0.3, 0.4) is 0 Å². The van der Waals surface area contributed by atoms with Crippen LogP contribution in [0.15, 0.2) is 47.6 Å². The molecule has 0 bridgehead atoms. The van der Waals surface area contributed by atoms with Crippen LogP contribution in [0, 0.1) is 5.82 Å². The number of benzene rings is 2. The highest BCUT2D eigenvalue weighted by Crippen LogP contribution is 2.29. The first-order valence-electron chi connectivity index (χ1n) is 8.95. The SMILES string of the molecule is Nc1ncnc2cc(-c3cccc(S(=O)(=O)NC(=O)[C@@H]4CCCN4)c3)cc(F)c12. The van der Waals surface area contributed by atoms with Gasteiger partial charge in [-0.3, -0.25) is 4.79 Å². The zero-order valence-electron chi connectivity index (χ0n) is 15.2. The molecule has 1 amide bonds. The van der Waals surface area contributed by atoms with Gasteiger partial charge in [0.15, 0.2) is 0 Å². The number of sulfonamides is 1. The summed E-state index contributed by atoms with van der Waals surface area (Å²) in [6, 6.07) is 8.25. The minimum Gasteiger partial charge on any atom is -0.383 e. The number of nitrogens with zero attached hydrogens (tertiary/aromatic N) is 2. The maximum Gasteiger partial charge on any atom is 0.264 e. The molecule has 3 aromatic rings. The molecule has 2 aromatic carbocycles. The molecule has 10 heteroatoms. The Labute approximate surface area is 166 Å². The molecule has 1 aliphatic heterocycles. The van der Waals surface area contributed by atoms with E-state index in [1.54, 1.807) is 12.1 Å². The number of anilines is 1. The second-order valence-electron chi connectivity index (χ2n) is 6.76. The van der Waals surface area contributed by atoms with Gasteiger partial charge in [0.05, 0.1) is 21.8 Å². The van der Waals surface area contributed by atoms with Crippen LogP contribution in [-0.4, -0.2) is 36.9 Å². The Morgan fingerprint density at radius 2 is 2.03 bits per heavy atom. The Hall–Kier alpha value is -3.11. The first-order valence-corrected chi connectivity index (χ1v) is 10.4. The van der Waals surface area contributed by atoms with Crippen LogP contribution in [0.1, 0.15) is 12.8 Å². The lowest BCUT2D eigenvalue weighted by Gasteiger charge is -2.12. The molecular weight excluding hydrogens is 397 g/mol. The molecule has 4 N–H and O–H groups in total. The number of aromatic nitrogens is 2. The number of carbonyl (C=O) groups excluding carboxylic acids is 1. The highest BCUT2D eigenvalue weighted by Gasteiger charge is 2.27. The molecule has 1 fully saturated rings. The molecule has 1 aliphatic rings. The third kappa shape index (κ3) is 3.76. The normalized spacial score (nSPS) is 16.8. The van der Waals surface area contributed by atoms with Crippen molar-refractivity contribution >= 4 is 32.7 Å². The van der Waals surface area contributed by atoms with Crippen molar-refractivity contribution in [2.45, 2.75) is 23.8 Å². The highest BCUT2D eigenvalue weighted by atomic mass is 32.2. The van der Waals surface area contributed by atoms with Crippen molar-refractivity contribution in [1.82, 2.24) is 20.0 Å². The van der Waals surface area contributed by atoms with Gasteiger partial charge in [0, 0.05) is 0 Å². The summed E-state index contributed by atoms with van der Waals surface area (Å²) in [6.07, 6.45) is 2.63. The van der Waals surface area contributed by atoms with E-state index in [-0.39, 0.29) is 16.1 Å². The van der Waals surface area contributed by atoms with Crippen LogP contribution in [-0.2, 0) is 14.8 Å². The van der Waals surface area contributed by atoms with E-state index in [0.29, 0.717) is 29.6 Å². The molecule has 29 heavy (non-hydrogen) atoms. The van der Waals surface area contributed by atoms with Crippen LogP contribution in [0.4, 0.5) is 10.2 Å². The number of hydrogen-bond donors (Lipinski definition) is 3. The molecule has 8 nitrogen and oxygen atoms in total. The van der Waals surface area contributed by atoms with Gasteiger partial charge in [-0.25, -0.2) is 27.5 Å². The van der Waals surface area contributed by atoms with Crippen LogP contribution in [0.2, 0.25) is 0 Å². The molecule has 0 spiro atoms. The van der Waals surface area contributed by atoms with Crippen molar-refractivity contribution < 1.29 is 17.6 Å². The van der Waals surface area contributed by atoms with Gasteiger partial charge in [-0.15, -0.1) is 0 Å². The van der Waals surface area contributed by atoms with E-state index < -0.39 is 27.8 Å². The van der Waals surface area contributed by atoms with Crippen molar-refractivity contribution in [3.63, 3.8) is 0 Å². The third-order valence-electron chi connectivity index (χ3n) is 4.81. The lowest BCUT2D eigenvalue weighted by molar-refractivity contribution is -0.121. The van der Waals surface area contributed by atoms with E-state index in [2.05, 4.69) is 20.0 Å². The Kier molecular flexibility index (Phi) is 4.89. The number of halogens is 1. The quantitative estimate of drug-likeness (QED) is 0.590. The standard InChI is InChI=1S/C19H18FN5O3S/c20-14-8-12(9-16-17(14)18(21)24-10-23-16)11-3-1-4-13(7-11)29(27,28)25-19(26)15-5-2-6-22-15/h1,3-4,7-10,15,22H,2,5-6H2,(H,25,26)(H2,21,23,24)/t15-/m0/s1. The monoisotopic (exact) mass is 415 g/mol. The summed E-state index contributed by atoms with van der Waals surface area (Å²) in [6.45, 7) is 0.676. The summed E-state index contributed by atoms with van der Waals surface area (Å²) in [5.74, 6) is -1.17. The topological polar surface area (TPSA) is 127 Å². The first-order chi connectivity index (χ1) is 13.8. The minimum atomic E-state index is -4.07. The Morgan fingerprint density at radius 3 is 2.79 bits per heavy atom. The number of nitrogens with two attached hydrogens (primary N) is 1.